The minimum Gasteiger partial charge on any atom is -0.381 e. The van der Waals surface area contributed by atoms with E-state index in [2.05, 4.69) is 37.2 Å². The molecule has 1 aliphatic heterocycles. The third kappa shape index (κ3) is 5.72. The fraction of sp³-hybridized carbons (Fsp3) is 0.300. The Morgan fingerprint density at radius 2 is 1.89 bits per heavy atom. The average molecular weight is 364 g/mol. The number of allylic oxidation sites excluding steroid dienone is 2. The fourth-order valence-corrected chi connectivity index (χ4v) is 2.67. The van der Waals surface area contributed by atoms with Crippen LogP contribution in [0.1, 0.15) is 19.8 Å². The smallest absolute Gasteiger partial charge is 0.232 e. The maximum atomic E-state index is 5.42. The first kappa shape index (κ1) is 18.7. The molecule has 0 unspecified atom stereocenters. The summed E-state index contributed by atoms with van der Waals surface area (Å²) in [5.74, 6) is 1.67. The van der Waals surface area contributed by atoms with E-state index in [1.165, 1.54) is 6.20 Å². The van der Waals surface area contributed by atoms with Crippen LogP contribution in [-0.2, 0) is 4.74 Å². The lowest BCUT2D eigenvalue weighted by Crippen LogP contribution is -2.29. The summed E-state index contributed by atoms with van der Waals surface area (Å²) in [6.07, 6.45) is 6.85. The predicted molar refractivity (Wildman–Crippen MR) is 109 cm³/mol. The van der Waals surface area contributed by atoms with E-state index in [1.807, 2.05) is 43.3 Å². The summed E-state index contributed by atoms with van der Waals surface area (Å²) in [7, 11) is 0. The number of aromatic nitrogens is 3. The number of nitrogens with zero attached hydrogens (tertiary/aromatic N) is 4. The summed E-state index contributed by atoms with van der Waals surface area (Å²) in [5.41, 5.74) is 1.80. The molecule has 7 heteroatoms. The van der Waals surface area contributed by atoms with Crippen molar-refractivity contribution < 1.29 is 4.74 Å². The van der Waals surface area contributed by atoms with Crippen LogP contribution in [0, 0.1) is 0 Å². The summed E-state index contributed by atoms with van der Waals surface area (Å²) < 4.78 is 5.42. The van der Waals surface area contributed by atoms with E-state index in [9.17, 15) is 0 Å². The van der Waals surface area contributed by atoms with Gasteiger partial charge in [-0.1, -0.05) is 36.9 Å². The molecule has 2 aromatic rings. The van der Waals surface area contributed by atoms with Gasteiger partial charge >= 0.3 is 0 Å². The molecule has 1 fully saturated rings. The van der Waals surface area contributed by atoms with Crippen molar-refractivity contribution in [2.45, 2.75) is 25.8 Å². The van der Waals surface area contributed by atoms with Crippen LogP contribution in [0.25, 0.3) is 11.4 Å². The highest BCUT2D eigenvalue weighted by Gasteiger charge is 2.16. The van der Waals surface area contributed by atoms with Gasteiger partial charge in [-0.15, -0.1) is 0 Å². The van der Waals surface area contributed by atoms with Crippen molar-refractivity contribution in [3.05, 3.63) is 54.9 Å². The zero-order valence-electron chi connectivity index (χ0n) is 15.4. The summed E-state index contributed by atoms with van der Waals surface area (Å²) >= 11 is 0. The number of hydrogen-bond acceptors (Lipinski definition) is 7. The molecule has 1 aromatic carbocycles. The van der Waals surface area contributed by atoms with E-state index < -0.39 is 0 Å². The summed E-state index contributed by atoms with van der Waals surface area (Å²) in [6.45, 7) is 6.99. The van der Waals surface area contributed by atoms with Gasteiger partial charge in [-0.05, 0) is 25.8 Å². The van der Waals surface area contributed by atoms with Gasteiger partial charge in [0, 0.05) is 42.9 Å². The lowest BCUT2D eigenvalue weighted by molar-refractivity contribution is 0.0903. The molecule has 0 spiro atoms. The van der Waals surface area contributed by atoms with E-state index >= 15 is 0 Å². The molecule has 2 N–H and O–H groups in total. The summed E-state index contributed by atoms with van der Waals surface area (Å²) in [6, 6.07) is 10.2. The predicted octanol–water partition coefficient (Wildman–Crippen LogP) is 3.66. The van der Waals surface area contributed by atoms with Gasteiger partial charge in [0.25, 0.3) is 0 Å². The van der Waals surface area contributed by atoms with Crippen LogP contribution in [0.4, 0.5) is 11.9 Å². The van der Waals surface area contributed by atoms with Crippen LogP contribution in [0.5, 0.6) is 0 Å². The standard InChI is InChI=1S/C20H24N6O/c1-3-21-12-9-15(2)22-19-24-18(16-7-5-4-6-8-16)25-20(26-19)23-17-10-13-27-14-11-17/h3-9,12,17H,1,10-11,13-14H2,2H3,(H2,22,23,24,25,26)/b15-9+,21-12?. The molecule has 0 radical (unpaired) electrons. The zero-order valence-corrected chi connectivity index (χ0v) is 15.4. The first-order valence-electron chi connectivity index (χ1n) is 8.98. The number of ether oxygens (including phenoxy) is 1. The van der Waals surface area contributed by atoms with Crippen LogP contribution >= 0.6 is 0 Å². The molecule has 1 aliphatic rings. The molecule has 0 atom stereocenters. The molecule has 0 amide bonds. The third-order valence-electron chi connectivity index (χ3n) is 4.05. The molecule has 27 heavy (non-hydrogen) atoms. The van der Waals surface area contributed by atoms with Crippen LogP contribution < -0.4 is 10.6 Å². The number of rotatable bonds is 7. The fourth-order valence-electron chi connectivity index (χ4n) is 2.67. The van der Waals surface area contributed by atoms with Crippen LogP contribution in [-0.4, -0.2) is 40.4 Å². The van der Waals surface area contributed by atoms with Gasteiger partial charge in [0.05, 0.1) is 0 Å². The summed E-state index contributed by atoms with van der Waals surface area (Å²) in [4.78, 5) is 17.7. The Morgan fingerprint density at radius 1 is 1.15 bits per heavy atom. The van der Waals surface area contributed by atoms with Crippen molar-refractivity contribution in [3.8, 4) is 11.4 Å². The van der Waals surface area contributed by atoms with Crippen LogP contribution in [0.2, 0.25) is 0 Å². The minimum atomic E-state index is 0.300. The van der Waals surface area contributed by atoms with Crippen LogP contribution in [0.15, 0.2) is 59.9 Å². The Labute approximate surface area is 159 Å². The Balaban J connectivity index is 1.86. The molecule has 0 saturated carbocycles. The molecule has 0 bridgehead atoms. The van der Waals surface area contributed by atoms with E-state index in [-0.39, 0.29) is 0 Å². The van der Waals surface area contributed by atoms with Gasteiger partial charge in [-0.3, -0.25) is 4.99 Å². The van der Waals surface area contributed by atoms with Crippen molar-refractivity contribution in [1.82, 2.24) is 15.0 Å². The number of anilines is 2. The Hall–Kier alpha value is -3.06. The van der Waals surface area contributed by atoms with Crippen molar-refractivity contribution in [1.29, 1.82) is 0 Å². The normalized spacial score (nSPS) is 15.7. The maximum absolute atomic E-state index is 5.42. The zero-order chi connectivity index (χ0) is 18.9. The van der Waals surface area contributed by atoms with Crippen LogP contribution in [0.3, 0.4) is 0 Å². The molecule has 140 valence electrons. The number of nitrogens with one attached hydrogen (secondary N) is 2. The Morgan fingerprint density at radius 3 is 2.63 bits per heavy atom. The van der Waals surface area contributed by atoms with E-state index in [0.717, 1.165) is 37.3 Å². The monoisotopic (exact) mass is 364 g/mol. The van der Waals surface area contributed by atoms with Crippen molar-refractivity contribution >= 4 is 18.1 Å². The first-order chi connectivity index (χ1) is 13.2. The molecular formula is C20H24N6O. The van der Waals surface area contributed by atoms with Crippen molar-refractivity contribution in [2.75, 3.05) is 23.8 Å². The quantitative estimate of drug-likeness (QED) is 0.730. The maximum Gasteiger partial charge on any atom is 0.232 e. The lowest BCUT2D eigenvalue weighted by Gasteiger charge is -2.23. The second-order valence-electron chi connectivity index (χ2n) is 6.16. The third-order valence-corrected chi connectivity index (χ3v) is 4.05. The highest BCUT2D eigenvalue weighted by Crippen LogP contribution is 2.20. The van der Waals surface area contributed by atoms with Gasteiger partial charge in [-0.25, -0.2) is 0 Å². The van der Waals surface area contributed by atoms with E-state index in [1.54, 1.807) is 6.21 Å². The van der Waals surface area contributed by atoms with Crippen molar-refractivity contribution in [3.63, 3.8) is 0 Å². The molecule has 1 aromatic heterocycles. The van der Waals surface area contributed by atoms with Gasteiger partial charge in [-0.2, -0.15) is 15.0 Å². The summed E-state index contributed by atoms with van der Waals surface area (Å²) in [5, 5.41) is 6.61. The molecule has 1 saturated heterocycles. The molecule has 2 heterocycles. The van der Waals surface area contributed by atoms with E-state index in [4.69, 9.17) is 4.74 Å². The second-order valence-corrected chi connectivity index (χ2v) is 6.16. The number of hydrogen-bond donors (Lipinski definition) is 2. The topological polar surface area (TPSA) is 84.3 Å². The van der Waals surface area contributed by atoms with Gasteiger partial charge in [0.1, 0.15) is 0 Å². The van der Waals surface area contributed by atoms with Crippen molar-refractivity contribution in [2.24, 2.45) is 4.99 Å². The second kappa shape index (κ2) is 9.59. The Kier molecular flexibility index (Phi) is 6.65. The Bertz CT molecular complexity index is 812. The molecule has 0 aliphatic carbocycles. The largest absolute Gasteiger partial charge is 0.381 e. The number of benzene rings is 1. The van der Waals surface area contributed by atoms with Gasteiger partial charge in [0.2, 0.25) is 11.9 Å². The minimum absolute atomic E-state index is 0.300. The van der Waals surface area contributed by atoms with E-state index in [0.29, 0.717) is 23.8 Å². The first-order valence-corrected chi connectivity index (χ1v) is 8.98. The number of aliphatic imine (C=N–C) groups is 1. The van der Waals surface area contributed by atoms with Gasteiger partial charge < -0.3 is 15.4 Å². The molecular weight excluding hydrogens is 340 g/mol. The molecule has 7 nitrogen and oxygen atoms in total. The average Bonchev–Trinajstić information content (AvgIpc) is 2.69. The highest BCUT2D eigenvalue weighted by atomic mass is 16.5. The highest BCUT2D eigenvalue weighted by molar-refractivity contribution is 5.73. The molecule has 3 rings (SSSR count). The van der Waals surface area contributed by atoms with Gasteiger partial charge in [0.15, 0.2) is 5.82 Å². The lowest BCUT2D eigenvalue weighted by atomic mass is 10.1. The SMILES string of the molecule is C=CN=C/C=C(\C)Nc1nc(NC2CCOCC2)nc(-c2ccccc2)n1.